The summed E-state index contributed by atoms with van der Waals surface area (Å²) in [4.78, 5) is 11.9. The van der Waals surface area contributed by atoms with Crippen molar-refractivity contribution in [2.75, 3.05) is 6.61 Å². The van der Waals surface area contributed by atoms with Gasteiger partial charge in [0.2, 0.25) is 0 Å². The average Bonchev–Trinajstić information content (AvgIpc) is 2.58. The fourth-order valence-corrected chi connectivity index (χ4v) is 3.94. The van der Waals surface area contributed by atoms with Gasteiger partial charge >= 0.3 is 0 Å². The Hall–Kier alpha value is -1.89. The number of nitrogens with one attached hydrogen (secondary N) is 1. The van der Waals surface area contributed by atoms with Crippen molar-refractivity contribution in [3.63, 3.8) is 0 Å². The zero-order chi connectivity index (χ0) is 20.8. The lowest BCUT2D eigenvalue weighted by molar-refractivity contribution is -0.123. The molecule has 150 valence electrons. The Bertz CT molecular complexity index is 821. The molecule has 0 radical (unpaired) electrons. The predicted molar refractivity (Wildman–Crippen MR) is 124 cm³/mol. The SMILES string of the molecule is CC(C)(C)CC(C)(C)c1ccc(OCC(=O)N/N=C/c2cccc(I)c2)cc1. The maximum atomic E-state index is 11.9. The van der Waals surface area contributed by atoms with Crippen LogP contribution in [0.25, 0.3) is 0 Å². The van der Waals surface area contributed by atoms with Crippen LogP contribution >= 0.6 is 22.6 Å². The molecular formula is C23H29IN2O2. The third kappa shape index (κ3) is 7.62. The quantitative estimate of drug-likeness (QED) is 0.314. The molecule has 2 aromatic carbocycles. The standard InChI is InChI=1S/C23H29IN2O2/c1-22(2,3)16-23(4,5)18-9-11-20(12-10-18)28-15-21(27)26-25-14-17-7-6-8-19(24)13-17/h6-14H,15-16H2,1-5H3,(H,26,27)/b25-14+. The maximum absolute atomic E-state index is 11.9. The zero-order valence-electron chi connectivity index (χ0n) is 17.3. The van der Waals surface area contributed by atoms with Gasteiger partial charge in [-0.3, -0.25) is 4.79 Å². The summed E-state index contributed by atoms with van der Waals surface area (Å²) in [5, 5.41) is 3.97. The molecule has 0 fully saturated rings. The minimum absolute atomic E-state index is 0.0750. The van der Waals surface area contributed by atoms with E-state index in [0.717, 1.165) is 15.6 Å². The third-order valence-corrected chi connectivity index (χ3v) is 4.90. The summed E-state index contributed by atoms with van der Waals surface area (Å²) in [5.74, 6) is 0.381. The Morgan fingerprint density at radius 2 is 1.79 bits per heavy atom. The lowest BCUT2D eigenvalue weighted by Gasteiger charge is -2.33. The van der Waals surface area contributed by atoms with Gasteiger partial charge in [-0.25, -0.2) is 5.43 Å². The second-order valence-corrected chi connectivity index (χ2v) is 10.0. The molecule has 0 atom stereocenters. The van der Waals surface area contributed by atoms with Gasteiger partial charge in [-0.1, -0.05) is 58.9 Å². The van der Waals surface area contributed by atoms with Crippen molar-refractivity contribution in [2.24, 2.45) is 10.5 Å². The molecule has 0 heterocycles. The topological polar surface area (TPSA) is 50.7 Å². The second kappa shape index (κ2) is 9.54. The minimum atomic E-state index is -0.293. The van der Waals surface area contributed by atoms with Crippen LogP contribution in [0.1, 0.15) is 52.2 Å². The fourth-order valence-electron chi connectivity index (χ4n) is 3.38. The average molecular weight is 492 g/mol. The number of nitrogens with zero attached hydrogens (tertiary/aromatic N) is 1. The van der Waals surface area contributed by atoms with E-state index in [-0.39, 0.29) is 23.3 Å². The summed E-state index contributed by atoms with van der Waals surface area (Å²) in [6, 6.07) is 15.8. The number of hydrazone groups is 1. The van der Waals surface area contributed by atoms with E-state index in [2.05, 4.69) is 79.9 Å². The molecule has 0 spiro atoms. The maximum Gasteiger partial charge on any atom is 0.277 e. The van der Waals surface area contributed by atoms with Crippen molar-refractivity contribution in [2.45, 2.75) is 46.5 Å². The van der Waals surface area contributed by atoms with Crippen LogP contribution in [0.3, 0.4) is 0 Å². The van der Waals surface area contributed by atoms with E-state index in [4.69, 9.17) is 4.74 Å². The van der Waals surface area contributed by atoms with Crippen LogP contribution in [-0.2, 0) is 10.2 Å². The molecule has 0 saturated heterocycles. The van der Waals surface area contributed by atoms with Crippen molar-refractivity contribution in [3.05, 3.63) is 63.2 Å². The smallest absolute Gasteiger partial charge is 0.277 e. The summed E-state index contributed by atoms with van der Waals surface area (Å²) in [6.07, 6.45) is 2.70. The van der Waals surface area contributed by atoms with Crippen molar-refractivity contribution in [1.29, 1.82) is 0 Å². The van der Waals surface area contributed by atoms with Gasteiger partial charge < -0.3 is 4.74 Å². The molecular weight excluding hydrogens is 463 g/mol. The molecule has 2 rings (SSSR count). The van der Waals surface area contributed by atoms with E-state index in [0.29, 0.717) is 5.75 Å². The van der Waals surface area contributed by atoms with Crippen molar-refractivity contribution < 1.29 is 9.53 Å². The zero-order valence-corrected chi connectivity index (χ0v) is 19.4. The highest BCUT2D eigenvalue weighted by Gasteiger charge is 2.27. The van der Waals surface area contributed by atoms with Gasteiger partial charge in [-0.2, -0.15) is 5.10 Å². The summed E-state index contributed by atoms with van der Waals surface area (Å²) < 4.78 is 6.69. The Morgan fingerprint density at radius 1 is 1.11 bits per heavy atom. The number of amides is 1. The Morgan fingerprint density at radius 3 is 2.39 bits per heavy atom. The van der Waals surface area contributed by atoms with E-state index >= 15 is 0 Å². The van der Waals surface area contributed by atoms with Gasteiger partial charge in [0.1, 0.15) is 5.75 Å². The molecule has 28 heavy (non-hydrogen) atoms. The van der Waals surface area contributed by atoms with E-state index < -0.39 is 0 Å². The molecule has 0 aliphatic heterocycles. The first-order valence-corrected chi connectivity index (χ1v) is 10.4. The van der Waals surface area contributed by atoms with Gasteiger partial charge in [0.05, 0.1) is 6.21 Å². The highest BCUT2D eigenvalue weighted by molar-refractivity contribution is 14.1. The number of carbonyl (C=O) groups excluding carboxylic acids is 1. The van der Waals surface area contributed by atoms with Gasteiger partial charge in [-0.15, -0.1) is 0 Å². The number of hydrogen-bond donors (Lipinski definition) is 1. The third-order valence-electron chi connectivity index (χ3n) is 4.23. The van der Waals surface area contributed by atoms with Crippen LogP contribution in [0.15, 0.2) is 53.6 Å². The second-order valence-electron chi connectivity index (χ2n) is 8.78. The lowest BCUT2D eigenvalue weighted by atomic mass is 9.72. The first kappa shape index (κ1) is 22.4. The monoisotopic (exact) mass is 492 g/mol. The van der Waals surface area contributed by atoms with Crippen LogP contribution in [0.5, 0.6) is 5.75 Å². The van der Waals surface area contributed by atoms with Gasteiger partial charge in [0.15, 0.2) is 6.61 Å². The molecule has 0 aliphatic carbocycles. The number of halogens is 1. The van der Waals surface area contributed by atoms with Gasteiger partial charge in [-0.05, 0) is 75.2 Å². The molecule has 1 N–H and O–H groups in total. The van der Waals surface area contributed by atoms with Gasteiger partial charge in [0.25, 0.3) is 5.91 Å². The Balaban J connectivity index is 1.85. The summed E-state index contributed by atoms with van der Waals surface area (Å²) in [6.45, 7) is 11.2. The normalized spacial score (nSPS) is 12.2. The highest BCUT2D eigenvalue weighted by atomic mass is 127. The molecule has 4 nitrogen and oxygen atoms in total. The molecule has 0 unspecified atom stereocenters. The van der Waals surface area contributed by atoms with Crippen molar-refractivity contribution in [1.82, 2.24) is 5.43 Å². The number of benzene rings is 2. The number of hydrogen-bond acceptors (Lipinski definition) is 3. The molecule has 0 aromatic heterocycles. The summed E-state index contributed by atoms with van der Waals surface area (Å²) in [5.41, 5.74) is 5.02. The Kier molecular flexibility index (Phi) is 7.63. The molecule has 1 amide bonds. The van der Waals surface area contributed by atoms with Gasteiger partial charge in [0, 0.05) is 3.57 Å². The summed E-state index contributed by atoms with van der Waals surface area (Å²) >= 11 is 2.23. The first-order chi connectivity index (χ1) is 13.0. The molecule has 2 aromatic rings. The van der Waals surface area contributed by atoms with E-state index in [9.17, 15) is 4.79 Å². The number of rotatable bonds is 7. The lowest BCUT2D eigenvalue weighted by Crippen LogP contribution is -2.25. The van der Waals surface area contributed by atoms with E-state index in [1.54, 1.807) is 6.21 Å². The van der Waals surface area contributed by atoms with Crippen LogP contribution in [0.4, 0.5) is 0 Å². The van der Waals surface area contributed by atoms with Crippen LogP contribution in [0.2, 0.25) is 0 Å². The fraction of sp³-hybridized carbons (Fsp3) is 0.391. The highest BCUT2D eigenvalue weighted by Crippen LogP contribution is 2.36. The molecule has 0 saturated carbocycles. The van der Waals surface area contributed by atoms with Crippen molar-refractivity contribution >= 4 is 34.7 Å². The first-order valence-electron chi connectivity index (χ1n) is 9.36. The molecule has 5 heteroatoms. The minimum Gasteiger partial charge on any atom is -0.484 e. The van der Waals surface area contributed by atoms with Crippen LogP contribution < -0.4 is 10.2 Å². The van der Waals surface area contributed by atoms with Crippen LogP contribution in [0, 0.1) is 8.99 Å². The summed E-state index contributed by atoms with van der Waals surface area (Å²) in [7, 11) is 0. The van der Waals surface area contributed by atoms with E-state index in [1.165, 1.54) is 5.56 Å². The molecule has 0 aliphatic rings. The Labute approximate surface area is 181 Å². The van der Waals surface area contributed by atoms with Crippen molar-refractivity contribution in [3.8, 4) is 5.75 Å². The number of carbonyl (C=O) groups is 1. The van der Waals surface area contributed by atoms with E-state index in [1.807, 2.05) is 36.4 Å². The van der Waals surface area contributed by atoms with Crippen LogP contribution in [-0.4, -0.2) is 18.7 Å². The largest absolute Gasteiger partial charge is 0.484 e. The molecule has 0 bridgehead atoms. The number of ether oxygens (including phenoxy) is 1. The predicted octanol–water partition coefficient (Wildman–Crippen LogP) is 5.53.